The van der Waals surface area contributed by atoms with E-state index in [9.17, 15) is 14.4 Å². The van der Waals surface area contributed by atoms with Crippen LogP contribution in [-0.2, 0) is 22.6 Å². The third-order valence-electron chi connectivity index (χ3n) is 5.41. The highest BCUT2D eigenvalue weighted by molar-refractivity contribution is 6.05. The number of nitrogens with one attached hydrogen (secondary N) is 3. The Morgan fingerprint density at radius 1 is 1.10 bits per heavy atom. The van der Waals surface area contributed by atoms with Crippen LogP contribution < -0.4 is 15.4 Å². The SMILES string of the molecule is COc1ccccc1CN1C(=O)N[C@@H](CC(=O)NCCc2c[nH]c3ccccc23)C1=O. The molecule has 0 radical (unpaired) electrons. The van der Waals surface area contributed by atoms with Gasteiger partial charge in [0.25, 0.3) is 5.91 Å². The van der Waals surface area contributed by atoms with Gasteiger partial charge in [-0.05, 0) is 24.1 Å². The van der Waals surface area contributed by atoms with Crippen molar-refractivity contribution >= 4 is 28.7 Å². The number of benzene rings is 2. The summed E-state index contributed by atoms with van der Waals surface area (Å²) in [6.07, 6.45) is 2.51. The monoisotopic (exact) mass is 420 g/mol. The van der Waals surface area contributed by atoms with Crippen molar-refractivity contribution < 1.29 is 19.1 Å². The number of ether oxygens (including phenoxy) is 1. The third kappa shape index (κ3) is 4.37. The molecule has 1 aromatic heterocycles. The first-order valence-electron chi connectivity index (χ1n) is 10.1. The molecule has 4 rings (SSSR count). The molecule has 1 atom stereocenters. The number of fused-ring (bicyclic) bond motifs is 1. The number of hydrogen-bond donors (Lipinski definition) is 3. The number of amides is 4. The summed E-state index contributed by atoms with van der Waals surface area (Å²) in [7, 11) is 1.54. The van der Waals surface area contributed by atoms with Crippen LogP contribution in [0.25, 0.3) is 10.9 Å². The molecule has 0 spiro atoms. The van der Waals surface area contributed by atoms with Crippen molar-refractivity contribution in [2.75, 3.05) is 13.7 Å². The Kier molecular flexibility index (Phi) is 5.88. The van der Waals surface area contributed by atoms with Crippen LogP contribution in [0, 0.1) is 0 Å². The lowest BCUT2D eigenvalue weighted by molar-refractivity contribution is -0.131. The minimum absolute atomic E-state index is 0.0906. The number of H-pyrrole nitrogens is 1. The first-order chi connectivity index (χ1) is 15.1. The van der Waals surface area contributed by atoms with Gasteiger partial charge in [-0.15, -0.1) is 0 Å². The number of urea groups is 1. The predicted octanol–water partition coefficient (Wildman–Crippen LogP) is 2.35. The normalized spacial score (nSPS) is 15.9. The number of methoxy groups -OCH3 is 1. The molecule has 1 saturated heterocycles. The lowest BCUT2D eigenvalue weighted by Crippen LogP contribution is -2.37. The van der Waals surface area contributed by atoms with Crippen LogP contribution in [0.1, 0.15) is 17.5 Å². The number of aromatic amines is 1. The first-order valence-corrected chi connectivity index (χ1v) is 10.1. The van der Waals surface area contributed by atoms with Crippen molar-refractivity contribution in [1.82, 2.24) is 20.5 Å². The quantitative estimate of drug-likeness (QED) is 0.487. The average Bonchev–Trinajstić information content (AvgIpc) is 3.30. The van der Waals surface area contributed by atoms with Gasteiger partial charge in [-0.25, -0.2) is 4.79 Å². The Bertz CT molecular complexity index is 1120. The summed E-state index contributed by atoms with van der Waals surface area (Å²) in [4.78, 5) is 41.6. The molecule has 1 aliphatic heterocycles. The number of imide groups is 1. The van der Waals surface area contributed by atoms with Gasteiger partial charge in [-0.2, -0.15) is 0 Å². The molecule has 8 heteroatoms. The summed E-state index contributed by atoms with van der Waals surface area (Å²) in [6, 6.07) is 13.8. The summed E-state index contributed by atoms with van der Waals surface area (Å²) >= 11 is 0. The van der Waals surface area contributed by atoms with Crippen molar-refractivity contribution in [2.24, 2.45) is 0 Å². The number of rotatable bonds is 8. The number of hydrogen-bond acceptors (Lipinski definition) is 4. The van der Waals surface area contributed by atoms with Gasteiger partial charge in [0.05, 0.1) is 20.1 Å². The predicted molar refractivity (Wildman–Crippen MR) is 115 cm³/mol. The second kappa shape index (κ2) is 8.91. The van der Waals surface area contributed by atoms with Crippen molar-refractivity contribution in [1.29, 1.82) is 0 Å². The molecule has 2 heterocycles. The van der Waals surface area contributed by atoms with Crippen molar-refractivity contribution in [3.05, 3.63) is 65.9 Å². The molecule has 0 unspecified atom stereocenters. The first kappa shape index (κ1) is 20.5. The van der Waals surface area contributed by atoms with E-state index in [0.29, 0.717) is 18.7 Å². The number of carbonyl (C=O) groups is 3. The summed E-state index contributed by atoms with van der Waals surface area (Å²) < 4.78 is 5.28. The maximum atomic E-state index is 12.7. The summed E-state index contributed by atoms with van der Waals surface area (Å²) in [5.74, 6) is -0.0955. The highest BCUT2D eigenvalue weighted by Gasteiger charge is 2.39. The molecule has 1 fully saturated rings. The molecule has 0 saturated carbocycles. The lowest BCUT2D eigenvalue weighted by Gasteiger charge is -2.15. The highest BCUT2D eigenvalue weighted by Crippen LogP contribution is 2.22. The minimum atomic E-state index is -0.865. The van der Waals surface area contributed by atoms with Gasteiger partial charge in [-0.1, -0.05) is 36.4 Å². The maximum Gasteiger partial charge on any atom is 0.325 e. The molecular weight excluding hydrogens is 396 g/mol. The van der Waals surface area contributed by atoms with Gasteiger partial charge in [-0.3, -0.25) is 14.5 Å². The van der Waals surface area contributed by atoms with E-state index in [0.717, 1.165) is 26.9 Å². The second-order valence-corrected chi connectivity index (χ2v) is 7.40. The van der Waals surface area contributed by atoms with E-state index in [1.807, 2.05) is 42.6 Å². The van der Waals surface area contributed by atoms with E-state index in [1.165, 1.54) is 7.11 Å². The van der Waals surface area contributed by atoms with Crippen LogP contribution in [0.5, 0.6) is 5.75 Å². The molecule has 1 aliphatic rings. The van der Waals surface area contributed by atoms with Crippen molar-refractivity contribution in [3.8, 4) is 5.75 Å². The lowest BCUT2D eigenvalue weighted by atomic mass is 10.1. The third-order valence-corrected chi connectivity index (χ3v) is 5.41. The van der Waals surface area contributed by atoms with Crippen LogP contribution in [0.4, 0.5) is 4.79 Å². The number of aromatic nitrogens is 1. The van der Waals surface area contributed by atoms with Gasteiger partial charge >= 0.3 is 6.03 Å². The van der Waals surface area contributed by atoms with Crippen molar-refractivity contribution in [3.63, 3.8) is 0 Å². The summed E-state index contributed by atoms with van der Waals surface area (Å²) in [5.41, 5.74) is 2.89. The Balaban J connectivity index is 1.30. The topological polar surface area (TPSA) is 104 Å². The van der Waals surface area contributed by atoms with Crippen LogP contribution in [-0.4, -0.2) is 47.4 Å². The zero-order valence-corrected chi connectivity index (χ0v) is 17.2. The molecule has 3 N–H and O–H groups in total. The molecule has 0 aliphatic carbocycles. The van der Waals surface area contributed by atoms with E-state index in [1.54, 1.807) is 12.1 Å². The van der Waals surface area contributed by atoms with Crippen LogP contribution in [0.15, 0.2) is 54.7 Å². The molecule has 2 aromatic carbocycles. The molecule has 31 heavy (non-hydrogen) atoms. The fourth-order valence-electron chi connectivity index (χ4n) is 3.80. The molecule has 4 amide bonds. The highest BCUT2D eigenvalue weighted by atomic mass is 16.5. The smallest absolute Gasteiger partial charge is 0.325 e. The van der Waals surface area contributed by atoms with E-state index >= 15 is 0 Å². The Morgan fingerprint density at radius 2 is 1.87 bits per heavy atom. The fraction of sp³-hybridized carbons (Fsp3) is 0.261. The fourth-order valence-corrected chi connectivity index (χ4v) is 3.80. The van der Waals surface area contributed by atoms with Crippen molar-refractivity contribution in [2.45, 2.75) is 25.4 Å². The number of nitrogens with zero attached hydrogens (tertiary/aromatic N) is 1. The van der Waals surface area contributed by atoms with E-state index in [2.05, 4.69) is 15.6 Å². The minimum Gasteiger partial charge on any atom is -0.496 e. The van der Waals surface area contributed by atoms with Gasteiger partial charge in [0.15, 0.2) is 0 Å². The zero-order chi connectivity index (χ0) is 21.8. The number of carbonyl (C=O) groups excluding carboxylic acids is 3. The maximum absolute atomic E-state index is 12.7. The summed E-state index contributed by atoms with van der Waals surface area (Å²) in [6.45, 7) is 0.536. The molecule has 160 valence electrons. The van der Waals surface area contributed by atoms with Gasteiger partial charge in [0.1, 0.15) is 11.8 Å². The standard InChI is InChI=1S/C23H24N4O4/c1-31-20-9-5-2-6-16(20)14-27-22(29)19(26-23(27)30)12-21(28)24-11-10-15-13-25-18-8-4-3-7-17(15)18/h2-9,13,19,25H,10-12,14H2,1H3,(H,24,28)(H,26,30)/t19-/m0/s1. The van der Waals surface area contributed by atoms with E-state index in [4.69, 9.17) is 4.74 Å². The van der Waals surface area contributed by atoms with Crippen LogP contribution >= 0.6 is 0 Å². The second-order valence-electron chi connectivity index (χ2n) is 7.40. The Hall–Kier alpha value is -3.81. The molecule has 8 nitrogen and oxygen atoms in total. The summed E-state index contributed by atoms with van der Waals surface area (Å²) in [5, 5.41) is 6.56. The average molecular weight is 420 g/mol. The molecular formula is C23H24N4O4. The largest absolute Gasteiger partial charge is 0.496 e. The van der Waals surface area contributed by atoms with E-state index < -0.39 is 18.0 Å². The van der Waals surface area contributed by atoms with Gasteiger partial charge < -0.3 is 20.4 Å². The zero-order valence-electron chi connectivity index (χ0n) is 17.2. The Morgan fingerprint density at radius 3 is 2.71 bits per heavy atom. The van der Waals surface area contributed by atoms with Crippen LogP contribution in [0.3, 0.4) is 0 Å². The number of para-hydroxylation sites is 2. The Labute approximate surface area is 179 Å². The molecule has 0 bridgehead atoms. The molecule has 3 aromatic rings. The van der Waals surface area contributed by atoms with Gasteiger partial charge in [0, 0.05) is 29.2 Å². The van der Waals surface area contributed by atoms with E-state index in [-0.39, 0.29) is 18.9 Å². The van der Waals surface area contributed by atoms with Crippen LogP contribution in [0.2, 0.25) is 0 Å². The van der Waals surface area contributed by atoms with Gasteiger partial charge in [0.2, 0.25) is 5.91 Å².